The Labute approximate surface area is 117 Å². The smallest absolute Gasteiger partial charge is 0.321 e. The molecule has 1 aromatic carbocycles. The Bertz CT molecular complexity index is 476. The van der Waals surface area contributed by atoms with Crippen LogP contribution in [0.5, 0.6) is 5.75 Å². The van der Waals surface area contributed by atoms with Gasteiger partial charge in [-0.2, -0.15) is 11.8 Å². The van der Waals surface area contributed by atoms with Crippen LogP contribution < -0.4 is 10.5 Å². The number of carboxylic acid groups (broad SMARTS) is 1. The predicted molar refractivity (Wildman–Crippen MR) is 76.8 cm³/mol. The van der Waals surface area contributed by atoms with Crippen molar-refractivity contribution in [3.05, 3.63) is 29.8 Å². The first kappa shape index (κ1) is 14.2. The second-order valence-corrected chi connectivity index (χ2v) is 6.95. The largest absolute Gasteiger partial charge is 0.493 e. The number of rotatable bonds is 5. The van der Waals surface area contributed by atoms with Crippen molar-refractivity contribution in [1.29, 1.82) is 0 Å². The van der Waals surface area contributed by atoms with Gasteiger partial charge >= 0.3 is 5.97 Å². The second-order valence-electron chi connectivity index (χ2n) is 5.28. The molecule has 0 saturated heterocycles. The van der Waals surface area contributed by atoms with Gasteiger partial charge in [-0.1, -0.05) is 18.2 Å². The number of para-hydroxylation sites is 1. The van der Waals surface area contributed by atoms with Crippen LogP contribution in [0.1, 0.15) is 25.3 Å². The summed E-state index contributed by atoms with van der Waals surface area (Å²) < 4.78 is 5.13. The number of fused-ring (bicyclic) bond motifs is 1. The third kappa shape index (κ3) is 3.04. The highest BCUT2D eigenvalue weighted by molar-refractivity contribution is 8.00. The van der Waals surface area contributed by atoms with Gasteiger partial charge in [0.15, 0.2) is 0 Å². The van der Waals surface area contributed by atoms with E-state index < -0.39 is 16.8 Å². The number of hydrogen-bond acceptors (Lipinski definition) is 4. The zero-order valence-electron chi connectivity index (χ0n) is 11.1. The van der Waals surface area contributed by atoms with Gasteiger partial charge in [-0.3, -0.25) is 4.79 Å². The maximum Gasteiger partial charge on any atom is 0.321 e. The van der Waals surface area contributed by atoms with E-state index in [0.29, 0.717) is 12.5 Å². The minimum absolute atomic E-state index is 0.307. The highest BCUT2D eigenvalue weighted by Gasteiger charge is 2.34. The van der Waals surface area contributed by atoms with Gasteiger partial charge in [0.2, 0.25) is 0 Å². The fourth-order valence-electron chi connectivity index (χ4n) is 2.07. The molecule has 0 radical (unpaired) electrons. The first-order valence-electron chi connectivity index (χ1n) is 6.26. The molecule has 1 unspecified atom stereocenters. The summed E-state index contributed by atoms with van der Waals surface area (Å²) in [5, 5.41) is 9.00. The van der Waals surface area contributed by atoms with Crippen LogP contribution in [0.15, 0.2) is 24.3 Å². The number of nitrogens with two attached hydrogens (primary N) is 1. The Balaban J connectivity index is 1.99. The lowest BCUT2D eigenvalue weighted by Gasteiger charge is -2.29. The van der Waals surface area contributed by atoms with Crippen molar-refractivity contribution < 1.29 is 14.6 Å². The standard InChI is InChI=1S/C14H19NO3S/c1-14(2,12(15)13(16)17)19-8-9-7-18-11-6-4-3-5-10(9)11/h3-6,9,12H,7-8,15H2,1-2H3,(H,16,17)/t9?,12-/m0/s1. The van der Waals surface area contributed by atoms with Crippen LogP contribution in [0.4, 0.5) is 0 Å². The van der Waals surface area contributed by atoms with Crippen molar-refractivity contribution in [3.63, 3.8) is 0 Å². The summed E-state index contributed by atoms with van der Waals surface area (Å²) in [5.74, 6) is 1.10. The normalized spacial score (nSPS) is 19.6. The van der Waals surface area contributed by atoms with Gasteiger partial charge in [-0.25, -0.2) is 0 Å². The molecule has 1 aliphatic rings. The summed E-state index contributed by atoms with van der Waals surface area (Å²) in [6, 6.07) is 7.12. The highest BCUT2D eigenvalue weighted by Crippen LogP contribution is 2.38. The number of carboxylic acids is 1. The first-order valence-corrected chi connectivity index (χ1v) is 7.24. The Morgan fingerprint density at radius 2 is 2.26 bits per heavy atom. The molecular weight excluding hydrogens is 262 g/mol. The predicted octanol–water partition coefficient (Wildman–Crippen LogP) is 2.09. The zero-order valence-corrected chi connectivity index (χ0v) is 11.9. The fourth-order valence-corrected chi connectivity index (χ4v) is 3.26. The quantitative estimate of drug-likeness (QED) is 0.864. The van der Waals surface area contributed by atoms with Crippen LogP contribution in [-0.2, 0) is 4.79 Å². The fraction of sp³-hybridized carbons (Fsp3) is 0.500. The van der Waals surface area contributed by atoms with Crippen LogP contribution >= 0.6 is 11.8 Å². The van der Waals surface area contributed by atoms with E-state index in [0.717, 1.165) is 11.5 Å². The van der Waals surface area contributed by atoms with Gasteiger partial charge in [0, 0.05) is 22.0 Å². The molecule has 104 valence electrons. The summed E-state index contributed by atoms with van der Waals surface area (Å²) in [4.78, 5) is 11.0. The molecule has 0 aliphatic carbocycles. The molecule has 4 nitrogen and oxygen atoms in total. The van der Waals surface area contributed by atoms with Crippen molar-refractivity contribution in [1.82, 2.24) is 0 Å². The van der Waals surface area contributed by atoms with Gasteiger partial charge in [0.05, 0.1) is 6.61 Å². The summed E-state index contributed by atoms with van der Waals surface area (Å²) in [6.07, 6.45) is 0. The molecule has 0 spiro atoms. The lowest BCUT2D eigenvalue weighted by molar-refractivity contribution is -0.139. The van der Waals surface area contributed by atoms with E-state index in [-0.39, 0.29) is 0 Å². The van der Waals surface area contributed by atoms with Gasteiger partial charge in [-0.15, -0.1) is 0 Å². The molecule has 0 aromatic heterocycles. The molecule has 0 fully saturated rings. The molecule has 0 bridgehead atoms. The Morgan fingerprint density at radius 1 is 1.58 bits per heavy atom. The van der Waals surface area contributed by atoms with E-state index in [9.17, 15) is 4.79 Å². The number of thioether (sulfide) groups is 1. The highest BCUT2D eigenvalue weighted by atomic mass is 32.2. The topological polar surface area (TPSA) is 72.5 Å². The lowest BCUT2D eigenvalue weighted by Crippen LogP contribution is -2.47. The second kappa shape index (κ2) is 5.43. The van der Waals surface area contributed by atoms with Crippen LogP contribution in [0.2, 0.25) is 0 Å². The Morgan fingerprint density at radius 3 is 2.95 bits per heavy atom. The molecule has 0 saturated carbocycles. The monoisotopic (exact) mass is 281 g/mol. The number of aliphatic carboxylic acids is 1. The van der Waals surface area contributed by atoms with Crippen molar-refractivity contribution >= 4 is 17.7 Å². The maximum atomic E-state index is 11.0. The lowest BCUT2D eigenvalue weighted by atomic mass is 10.0. The summed E-state index contributed by atoms with van der Waals surface area (Å²) >= 11 is 1.59. The van der Waals surface area contributed by atoms with Gasteiger partial charge < -0.3 is 15.6 Å². The van der Waals surface area contributed by atoms with Crippen molar-refractivity contribution in [2.45, 2.75) is 30.6 Å². The van der Waals surface area contributed by atoms with Crippen molar-refractivity contribution in [2.75, 3.05) is 12.4 Å². The number of hydrogen-bond donors (Lipinski definition) is 2. The van der Waals surface area contributed by atoms with Crippen LogP contribution in [0.3, 0.4) is 0 Å². The summed E-state index contributed by atoms with van der Waals surface area (Å²) in [7, 11) is 0. The molecule has 2 atom stereocenters. The zero-order chi connectivity index (χ0) is 14.0. The van der Waals surface area contributed by atoms with Crippen LogP contribution in [0.25, 0.3) is 0 Å². The van der Waals surface area contributed by atoms with Crippen LogP contribution in [0, 0.1) is 0 Å². The average molecular weight is 281 g/mol. The van der Waals surface area contributed by atoms with E-state index in [2.05, 4.69) is 6.07 Å². The molecule has 1 heterocycles. The average Bonchev–Trinajstić information content (AvgIpc) is 2.78. The van der Waals surface area contributed by atoms with E-state index in [4.69, 9.17) is 15.6 Å². The first-order chi connectivity index (χ1) is 8.92. The van der Waals surface area contributed by atoms with Crippen molar-refractivity contribution in [3.8, 4) is 5.75 Å². The summed E-state index contributed by atoms with van der Waals surface area (Å²) in [6.45, 7) is 4.40. The van der Waals surface area contributed by atoms with E-state index in [1.165, 1.54) is 5.56 Å². The molecule has 5 heteroatoms. The molecule has 3 N–H and O–H groups in total. The Kier molecular flexibility index (Phi) is 4.06. The van der Waals surface area contributed by atoms with E-state index in [1.54, 1.807) is 11.8 Å². The van der Waals surface area contributed by atoms with Gasteiger partial charge in [0.25, 0.3) is 0 Å². The van der Waals surface area contributed by atoms with Gasteiger partial charge in [0.1, 0.15) is 11.8 Å². The number of benzene rings is 1. The van der Waals surface area contributed by atoms with Gasteiger partial charge in [-0.05, 0) is 19.9 Å². The van der Waals surface area contributed by atoms with E-state index >= 15 is 0 Å². The molecule has 1 aromatic rings. The summed E-state index contributed by atoms with van der Waals surface area (Å²) in [5.41, 5.74) is 6.93. The molecule has 0 amide bonds. The molecule has 2 rings (SSSR count). The number of carbonyl (C=O) groups is 1. The number of ether oxygens (including phenoxy) is 1. The minimum atomic E-state index is -0.958. The van der Waals surface area contributed by atoms with Crippen molar-refractivity contribution in [2.24, 2.45) is 5.73 Å². The van der Waals surface area contributed by atoms with E-state index in [1.807, 2.05) is 32.0 Å². The SMILES string of the molecule is CC(C)(SCC1COc2ccccc21)[C@@H](N)C(=O)O. The van der Waals surface area contributed by atoms with Crippen LogP contribution in [-0.4, -0.2) is 34.2 Å². The molecular formula is C14H19NO3S. The Hall–Kier alpha value is -1.20. The third-order valence-corrected chi connectivity index (χ3v) is 5.04. The molecule has 19 heavy (non-hydrogen) atoms. The maximum absolute atomic E-state index is 11.0. The third-order valence-electron chi connectivity index (χ3n) is 3.47. The minimum Gasteiger partial charge on any atom is -0.493 e. The molecule has 1 aliphatic heterocycles.